The van der Waals surface area contributed by atoms with Gasteiger partial charge < -0.3 is 15.3 Å². The summed E-state index contributed by atoms with van der Waals surface area (Å²) in [5.41, 5.74) is 0.242. The van der Waals surface area contributed by atoms with Gasteiger partial charge in [0.05, 0.1) is 11.1 Å². The van der Waals surface area contributed by atoms with Gasteiger partial charge in [-0.15, -0.1) is 0 Å². The molecule has 0 saturated carbocycles. The van der Waals surface area contributed by atoms with Crippen LogP contribution in [0.1, 0.15) is 30.8 Å². The third-order valence-electron chi connectivity index (χ3n) is 3.61. The molecule has 0 bridgehead atoms. The van der Waals surface area contributed by atoms with Crippen molar-refractivity contribution in [3.63, 3.8) is 0 Å². The molecule has 1 amide bonds. The smallest absolute Gasteiger partial charge is 0.274 e. The summed E-state index contributed by atoms with van der Waals surface area (Å²) in [6, 6.07) is 3.42. The van der Waals surface area contributed by atoms with E-state index in [1.807, 2.05) is 13.8 Å². The fraction of sp³-hybridized carbons (Fsp3) is 0.571. The van der Waals surface area contributed by atoms with E-state index in [1.54, 1.807) is 17.0 Å². The van der Waals surface area contributed by atoms with Crippen LogP contribution in [-0.2, 0) is 0 Å². The van der Waals surface area contributed by atoms with Crippen LogP contribution in [0.4, 0.5) is 5.82 Å². The Labute approximate surface area is 123 Å². The molecule has 0 radical (unpaired) electrons. The van der Waals surface area contributed by atoms with E-state index in [1.165, 1.54) is 0 Å². The fourth-order valence-electron chi connectivity index (χ4n) is 2.25. The molecule has 0 spiro atoms. The number of carbonyl (C=O) groups excluding carboxylic acids is 1. The molecule has 1 aliphatic rings. The lowest BCUT2D eigenvalue weighted by atomic mass is 9.96. The average molecular weight is 298 g/mol. The van der Waals surface area contributed by atoms with Gasteiger partial charge in [0.2, 0.25) is 0 Å². The average Bonchev–Trinajstić information content (AvgIpc) is 2.43. The molecule has 1 aliphatic heterocycles. The molecule has 2 unspecified atom stereocenters. The number of aromatic nitrogens is 1. The zero-order valence-corrected chi connectivity index (χ0v) is 12.5. The highest BCUT2D eigenvalue weighted by Gasteiger charge is 2.29. The van der Waals surface area contributed by atoms with Crippen molar-refractivity contribution in [1.82, 2.24) is 9.88 Å². The summed E-state index contributed by atoms with van der Waals surface area (Å²) in [6.07, 6.45) is 0.306. The number of aliphatic hydroxyl groups excluding tert-OH is 1. The molecular formula is C14H20ClN3O2. The Morgan fingerprint density at radius 3 is 3.00 bits per heavy atom. The zero-order valence-electron chi connectivity index (χ0n) is 11.8. The van der Waals surface area contributed by atoms with Gasteiger partial charge in [0.25, 0.3) is 5.91 Å². The molecule has 1 saturated heterocycles. The second-order valence-corrected chi connectivity index (χ2v) is 5.55. The quantitative estimate of drug-likeness (QED) is 0.896. The van der Waals surface area contributed by atoms with E-state index in [0.29, 0.717) is 23.9 Å². The first-order valence-electron chi connectivity index (χ1n) is 6.90. The number of hydrogen-bond donors (Lipinski definition) is 2. The highest BCUT2D eigenvalue weighted by Crippen LogP contribution is 2.22. The number of piperidine rings is 1. The molecule has 2 atom stereocenters. The van der Waals surface area contributed by atoms with Crippen LogP contribution in [0.25, 0.3) is 0 Å². The topological polar surface area (TPSA) is 65.5 Å². The number of likely N-dealkylation sites (tertiary alicyclic amines) is 1. The van der Waals surface area contributed by atoms with Gasteiger partial charge in [-0.2, -0.15) is 0 Å². The predicted molar refractivity (Wildman–Crippen MR) is 79.1 cm³/mol. The van der Waals surface area contributed by atoms with Crippen LogP contribution in [0.3, 0.4) is 0 Å². The lowest BCUT2D eigenvalue weighted by Gasteiger charge is -2.34. The van der Waals surface area contributed by atoms with E-state index in [2.05, 4.69) is 10.3 Å². The van der Waals surface area contributed by atoms with Crippen molar-refractivity contribution in [3.8, 4) is 0 Å². The number of amides is 1. The molecule has 5 nitrogen and oxygen atoms in total. The van der Waals surface area contributed by atoms with E-state index < -0.39 is 6.10 Å². The Morgan fingerprint density at radius 1 is 1.60 bits per heavy atom. The van der Waals surface area contributed by atoms with Crippen LogP contribution in [0.15, 0.2) is 12.1 Å². The lowest BCUT2D eigenvalue weighted by Crippen LogP contribution is -2.46. The number of nitrogens with one attached hydrogen (secondary N) is 1. The van der Waals surface area contributed by atoms with Crippen molar-refractivity contribution < 1.29 is 9.90 Å². The number of hydrogen-bond acceptors (Lipinski definition) is 4. The molecule has 0 aromatic carbocycles. The van der Waals surface area contributed by atoms with Gasteiger partial charge >= 0.3 is 0 Å². The summed E-state index contributed by atoms with van der Waals surface area (Å²) in [5.74, 6) is 0.627. The largest absolute Gasteiger partial charge is 0.391 e. The van der Waals surface area contributed by atoms with Gasteiger partial charge in [-0.05, 0) is 31.4 Å². The minimum atomic E-state index is -0.483. The number of carbonyl (C=O) groups is 1. The molecule has 0 aliphatic carbocycles. The van der Waals surface area contributed by atoms with Gasteiger partial charge in [-0.3, -0.25) is 4.79 Å². The summed E-state index contributed by atoms with van der Waals surface area (Å²) in [4.78, 5) is 18.4. The zero-order chi connectivity index (χ0) is 14.7. The second-order valence-electron chi connectivity index (χ2n) is 5.14. The first-order chi connectivity index (χ1) is 9.52. The maximum atomic E-state index is 12.5. The molecule has 110 valence electrons. The van der Waals surface area contributed by atoms with E-state index >= 15 is 0 Å². The van der Waals surface area contributed by atoms with E-state index in [0.717, 1.165) is 13.0 Å². The van der Waals surface area contributed by atoms with Crippen molar-refractivity contribution in [2.24, 2.45) is 5.92 Å². The molecule has 1 aromatic rings. The Morgan fingerprint density at radius 2 is 2.35 bits per heavy atom. The van der Waals surface area contributed by atoms with Crippen LogP contribution in [0.5, 0.6) is 0 Å². The first kappa shape index (κ1) is 15.1. The molecule has 20 heavy (non-hydrogen) atoms. The number of pyridine rings is 1. The van der Waals surface area contributed by atoms with Crippen molar-refractivity contribution in [2.75, 3.05) is 25.0 Å². The van der Waals surface area contributed by atoms with Gasteiger partial charge in [-0.1, -0.05) is 18.5 Å². The van der Waals surface area contributed by atoms with Crippen molar-refractivity contribution in [3.05, 3.63) is 22.8 Å². The van der Waals surface area contributed by atoms with Gasteiger partial charge in [0, 0.05) is 19.6 Å². The van der Waals surface area contributed by atoms with Crippen molar-refractivity contribution in [2.45, 2.75) is 26.4 Å². The van der Waals surface area contributed by atoms with Crippen molar-refractivity contribution >= 4 is 23.3 Å². The van der Waals surface area contributed by atoms with Crippen LogP contribution < -0.4 is 5.32 Å². The van der Waals surface area contributed by atoms with E-state index in [4.69, 9.17) is 11.6 Å². The Balaban J connectivity index is 2.18. The summed E-state index contributed by atoms with van der Waals surface area (Å²) in [5, 5.41) is 13.3. The molecule has 2 N–H and O–H groups in total. The number of rotatable bonds is 3. The van der Waals surface area contributed by atoms with Gasteiger partial charge in [0.1, 0.15) is 11.5 Å². The van der Waals surface area contributed by atoms with Crippen LogP contribution in [0.2, 0.25) is 5.02 Å². The van der Waals surface area contributed by atoms with Crippen LogP contribution in [0, 0.1) is 5.92 Å². The van der Waals surface area contributed by atoms with Crippen molar-refractivity contribution in [1.29, 1.82) is 0 Å². The maximum absolute atomic E-state index is 12.5. The third-order valence-corrected chi connectivity index (χ3v) is 3.92. The molecule has 2 rings (SSSR count). The lowest BCUT2D eigenvalue weighted by molar-refractivity contribution is 0.0245. The maximum Gasteiger partial charge on any atom is 0.274 e. The van der Waals surface area contributed by atoms with Gasteiger partial charge in [0.15, 0.2) is 0 Å². The highest BCUT2D eigenvalue weighted by molar-refractivity contribution is 6.33. The Hall–Kier alpha value is -1.33. The molecular weight excluding hydrogens is 278 g/mol. The summed E-state index contributed by atoms with van der Waals surface area (Å²) in [6.45, 7) is 5.63. The molecule has 1 aromatic heterocycles. The monoisotopic (exact) mass is 297 g/mol. The molecule has 2 heterocycles. The first-order valence-corrected chi connectivity index (χ1v) is 7.28. The number of nitrogens with zero attached hydrogens (tertiary/aromatic N) is 2. The third kappa shape index (κ3) is 3.22. The SMILES string of the molecule is CCNc1ccc(Cl)c(C(=O)N2CCC(C)C(O)C2)n1. The van der Waals surface area contributed by atoms with E-state index in [-0.39, 0.29) is 17.5 Å². The predicted octanol–water partition coefficient (Wildman–Crippen LogP) is 2.01. The fourth-order valence-corrected chi connectivity index (χ4v) is 2.44. The number of anilines is 1. The van der Waals surface area contributed by atoms with E-state index in [9.17, 15) is 9.90 Å². The number of halogens is 1. The summed E-state index contributed by atoms with van der Waals surface area (Å²) in [7, 11) is 0. The minimum Gasteiger partial charge on any atom is -0.391 e. The summed E-state index contributed by atoms with van der Waals surface area (Å²) >= 11 is 6.08. The molecule has 1 fully saturated rings. The highest BCUT2D eigenvalue weighted by atomic mass is 35.5. The Bertz CT molecular complexity index is 495. The van der Waals surface area contributed by atoms with Crippen LogP contribution in [-0.4, -0.2) is 46.6 Å². The number of aliphatic hydroxyl groups is 1. The minimum absolute atomic E-state index is 0.218. The number of β-amino-alcohol motifs (C(OH)–C–C–N with tert-alkyl or cyclic N) is 1. The Kier molecular flexibility index (Phi) is 4.83. The van der Waals surface area contributed by atoms with Crippen LogP contribution >= 0.6 is 11.6 Å². The summed E-state index contributed by atoms with van der Waals surface area (Å²) < 4.78 is 0. The normalized spacial score (nSPS) is 22.7. The second kappa shape index (κ2) is 6.41. The van der Waals surface area contributed by atoms with Gasteiger partial charge in [-0.25, -0.2) is 4.98 Å². The molecule has 6 heteroatoms. The standard InChI is InChI=1S/C14H20ClN3O2/c1-3-16-12-5-4-10(15)13(17-12)14(20)18-7-6-9(2)11(19)8-18/h4-5,9,11,19H,3,6-8H2,1-2H3,(H,16,17).